The summed E-state index contributed by atoms with van der Waals surface area (Å²) in [5.41, 5.74) is 0.343. The lowest BCUT2D eigenvalue weighted by Crippen LogP contribution is -1.90. The van der Waals surface area contributed by atoms with Gasteiger partial charge in [0.25, 0.3) is 0 Å². The molecule has 0 radical (unpaired) electrons. The van der Waals surface area contributed by atoms with Crippen LogP contribution in [0.5, 0.6) is 11.5 Å². The molecule has 0 aliphatic heterocycles. The highest BCUT2D eigenvalue weighted by molar-refractivity contribution is 6.33. The van der Waals surface area contributed by atoms with Gasteiger partial charge in [-0.25, -0.2) is 4.39 Å². The van der Waals surface area contributed by atoms with Crippen molar-refractivity contribution in [2.75, 3.05) is 0 Å². The quantitative estimate of drug-likeness (QED) is 0.761. The highest BCUT2D eigenvalue weighted by atomic mass is 35.5. The Morgan fingerprint density at radius 3 is 2.56 bits per heavy atom. The van der Waals surface area contributed by atoms with Crippen LogP contribution in [0.25, 0.3) is 0 Å². The third-order valence-corrected chi connectivity index (χ3v) is 2.86. The predicted octanol–water partition coefficient (Wildman–Crippen LogP) is 4.74. The molecule has 0 unspecified atom stereocenters. The minimum absolute atomic E-state index is 0.00239. The molecule has 92 valence electrons. The maximum absolute atomic E-state index is 13.6. The van der Waals surface area contributed by atoms with E-state index in [1.807, 2.05) is 0 Å². The Hall–Kier alpha value is -1.58. The molecule has 5 heteroatoms. The number of carbonyl (C=O) groups excluding carboxylic acids is 1. The molecule has 0 spiro atoms. The summed E-state index contributed by atoms with van der Waals surface area (Å²) >= 11 is 11.5. The summed E-state index contributed by atoms with van der Waals surface area (Å²) in [4.78, 5) is 10.6. The fourth-order valence-electron chi connectivity index (χ4n) is 1.36. The van der Waals surface area contributed by atoms with Crippen molar-refractivity contribution in [3.63, 3.8) is 0 Å². The number of hydrogen-bond donors (Lipinski definition) is 0. The molecule has 0 fully saturated rings. The van der Waals surface area contributed by atoms with Crippen molar-refractivity contribution >= 4 is 29.5 Å². The highest BCUT2D eigenvalue weighted by Gasteiger charge is 2.09. The first-order valence-corrected chi connectivity index (χ1v) is 5.74. The second-order valence-electron chi connectivity index (χ2n) is 3.46. The first kappa shape index (κ1) is 12.9. The van der Waals surface area contributed by atoms with Gasteiger partial charge in [-0.15, -0.1) is 0 Å². The SMILES string of the molecule is O=Cc1ccc(Oc2cccc(Cl)c2F)cc1Cl. The fourth-order valence-corrected chi connectivity index (χ4v) is 1.74. The van der Waals surface area contributed by atoms with Gasteiger partial charge in [-0.3, -0.25) is 4.79 Å². The lowest BCUT2D eigenvalue weighted by atomic mass is 10.2. The Kier molecular flexibility index (Phi) is 3.84. The van der Waals surface area contributed by atoms with E-state index in [9.17, 15) is 9.18 Å². The van der Waals surface area contributed by atoms with Crippen LogP contribution in [0, 0.1) is 5.82 Å². The van der Waals surface area contributed by atoms with E-state index in [2.05, 4.69) is 0 Å². The molecule has 0 heterocycles. The number of rotatable bonds is 3. The minimum atomic E-state index is -0.644. The average molecular weight is 285 g/mol. The van der Waals surface area contributed by atoms with Gasteiger partial charge in [0, 0.05) is 11.6 Å². The molecule has 2 aromatic carbocycles. The summed E-state index contributed by atoms with van der Waals surface area (Å²) in [5.74, 6) is -0.320. The van der Waals surface area contributed by atoms with Gasteiger partial charge in [0.05, 0.1) is 10.0 Å². The Balaban J connectivity index is 2.31. The zero-order valence-corrected chi connectivity index (χ0v) is 10.5. The third kappa shape index (κ3) is 2.63. The second kappa shape index (κ2) is 5.38. The van der Waals surface area contributed by atoms with Gasteiger partial charge < -0.3 is 4.74 Å². The summed E-state index contributed by atoms with van der Waals surface area (Å²) in [6.07, 6.45) is 0.631. The van der Waals surface area contributed by atoms with Crippen LogP contribution >= 0.6 is 23.2 Å². The molecule has 0 aliphatic carbocycles. The van der Waals surface area contributed by atoms with Crippen molar-refractivity contribution in [3.8, 4) is 11.5 Å². The van der Waals surface area contributed by atoms with Crippen LogP contribution in [-0.4, -0.2) is 6.29 Å². The van der Waals surface area contributed by atoms with Crippen molar-refractivity contribution in [1.82, 2.24) is 0 Å². The monoisotopic (exact) mass is 284 g/mol. The molecule has 0 aromatic heterocycles. The molecule has 2 aromatic rings. The van der Waals surface area contributed by atoms with E-state index >= 15 is 0 Å². The van der Waals surface area contributed by atoms with E-state index in [1.165, 1.54) is 30.3 Å². The zero-order valence-electron chi connectivity index (χ0n) is 8.99. The molecule has 0 atom stereocenters. The Bertz CT molecular complexity index is 600. The lowest BCUT2D eigenvalue weighted by molar-refractivity contribution is 0.112. The molecule has 2 nitrogen and oxygen atoms in total. The summed E-state index contributed by atoms with van der Waals surface area (Å²) in [5, 5.41) is 0.216. The van der Waals surface area contributed by atoms with Crippen LogP contribution in [0.3, 0.4) is 0 Å². The number of carbonyl (C=O) groups is 1. The summed E-state index contributed by atoms with van der Waals surface area (Å²) in [6, 6.07) is 8.89. The van der Waals surface area contributed by atoms with Gasteiger partial charge in [0.15, 0.2) is 17.9 Å². The summed E-state index contributed by atoms with van der Waals surface area (Å²) < 4.78 is 18.9. The van der Waals surface area contributed by atoms with Crippen LogP contribution < -0.4 is 4.74 Å². The normalized spacial score (nSPS) is 10.2. The molecule has 0 amide bonds. The van der Waals surface area contributed by atoms with E-state index < -0.39 is 5.82 Å². The lowest BCUT2D eigenvalue weighted by Gasteiger charge is -2.08. The largest absolute Gasteiger partial charge is 0.454 e. The van der Waals surface area contributed by atoms with Crippen LogP contribution in [0.15, 0.2) is 36.4 Å². The van der Waals surface area contributed by atoms with E-state index in [1.54, 1.807) is 6.07 Å². The highest BCUT2D eigenvalue weighted by Crippen LogP contribution is 2.30. The van der Waals surface area contributed by atoms with Gasteiger partial charge in [-0.1, -0.05) is 29.3 Å². The van der Waals surface area contributed by atoms with Gasteiger partial charge in [0.1, 0.15) is 5.75 Å². The van der Waals surface area contributed by atoms with E-state index in [4.69, 9.17) is 27.9 Å². The smallest absolute Gasteiger partial charge is 0.184 e. The van der Waals surface area contributed by atoms with Crippen molar-refractivity contribution < 1.29 is 13.9 Å². The van der Waals surface area contributed by atoms with Crippen molar-refractivity contribution in [2.24, 2.45) is 0 Å². The van der Waals surface area contributed by atoms with Crippen LogP contribution in [0.2, 0.25) is 10.0 Å². The van der Waals surface area contributed by atoms with E-state index in [-0.39, 0.29) is 15.8 Å². The van der Waals surface area contributed by atoms with Crippen molar-refractivity contribution in [2.45, 2.75) is 0 Å². The van der Waals surface area contributed by atoms with Crippen LogP contribution in [-0.2, 0) is 0 Å². The standard InChI is InChI=1S/C13H7Cl2FO2/c14-10-2-1-3-12(13(10)16)18-9-5-4-8(7-17)11(15)6-9/h1-7H. The van der Waals surface area contributed by atoms with Gasteiger partial charge in [-0.05, 0) is 24.3 Å². The molecule has 2 rings (SSSR count). The molecule has 0 N–H and O–H groups in total. The first-order valence-electron chi connectivity index (χ1n) is 4.98. The Morgan fingerprint density at radius 1 is 1.11 bits per heavy atom. The average Bonchev–Trinajstić information content (AvgIpc) is 2.35. The zero-order chi connectivity index (χ0) is 13.1. The van der Waals surface area contributed by atoms with E-state index in [0.29, 0.717) is 17.6 Å². The molecular weight excluding hydrogens is 278 g/mol. The molecule has 0 aliphatic rings. The van der Waals surface area contributed by atoms with Crippen molar-refractivity contribution in [3.05, 3.63) is 57.8 Å². The number of hydrogen-bond acceptors (Lipinski definition) is 2. The Morgan fingerprint density at radius 2 is 1.89 bits per heavy atom. The second-order valence-corrected chi connectivity index (χ2v) is 4.27. The third-order valence-electron chi connectivity index (χ3n) is 2.24. The van der Waals surface area contributed by atoms with E-state index in [0.717, 1.165) is 0 Å². The number of aldehydes is 1. The number of ether oxygens (including phenoxy) is 1. The maximum atomic E-state index is 13.6. The number of benzene rings is 2. The van der Waals surface area contributed by atoms with Crippen LogP contribution in [0.1, 0.15) is 10.4 Å². The Labute approximate surface area is 113 Å². The predicted molar refractivity (Wildman–Crippen MR) is 68.3 cm³/mol. The topological polar surface area (TPSA) is 26.3 Å². The fraction of sp³-hybridized carbons (Fsp3) is 0. The molecule has 0 bridgehead atoms. The minimum Gasteiger partial charge on any atom is -0.454 e. The molecule has 18 heavy (non-hydrogen) atoms. The molecular formula is C13H7Cl2FO2. The van der Waals surface area contributed by atoms with Gasteiger partial charge >= 0.3 is 0 Å². The van der Waals surface area contributed by atoms with Gasteiger partial charge in [-0.2, -0.15) is 0 Å². The number of halogens is 3. The summed E-state index contributed by atoms with van der Waals surface area (Å²) in [7, 11) is 0. The summed E-state index contributed by atoms with van der Waals surface area (Å²) in [6.45, 7) is 0. The van der Waals surface area contributed by atoms with Gasteiger partial charge in [0.2, 0.25) is 0 Å². The van der Waals surface area contributed by atoms with Crippen molar-refractivity contribution in [1.29, 1.82) is 0 Å². The maximum Gasteiger partial charge on any atom is 0.184 e. The van der Waals surface area contributed by atoms with Crippen LogP contribution in [0.4, 0.5) is 4.39 Å². The molecule has 0 saturated carbocycles. The first-order chi connectivity index (χ1) is 8.61. The molecule has 0 saturated heterocycles.